The quantitative estimate of drug-likeness (QED) is 0.900. The maximum atomic E-state index is 13.6. The Morgan fingerprint density at radius 3 is 2.57 bits per heavy atom. The molecule has 2 rings (SSSR count). The normalized spacial score (nSPS) is 18.3. The van der Waals surface area contributed by atoms with E-state index >= 15 is 0 Å². The third kappa shape index (κ3) is 4.17. The number of rotatable bonds is 5. The summed E-state index contributed by atoms with van der Waals surface area (Å²) >= 11 is 0. The lowest BCUT2D eigenvalue weighted by Crippen LogP contribution is -2.37. The molecule has 1 fully saturated rings. The van der Waals surface area contributed by atoms with Crippen molar-refractivity contribution < 1.29 is 4.39 Å². The van der Waals surface area contributed by atoms with Crippen LogP contribution in [0, 0.1) is 11.7 Å². The molecule has 0 aromatic heterocycles. The first-order chi connectivity index (χ1) is 10.0. The minimum atomic E-state index is -0.154. The van der Waals surface area contributed by atoms with Gasteiger partial charge in [0.15, 0.2) is 0 Å². The van der Waals surface area contributed by atoms with Crippen LogP contribution in [-0.4, -0.2) is 45.7 Å². The lowest BCUT2D eigenvalue weighted by molar-refractivity contribution is 0.285. The molecule has 0 bridgehead atoms. The fourth-order valence-corrected chi connectivity index (χ4v) is 3.19. The van der Waals surface area contributed by atoms with Gasteiger partial charge in [0.2, 0.25) is 0 Å². The minimum absolute atomic E-state index is 0.154. The highest BCUT2D eigenvalue weighted by Crippen LogP contribution is 2.30. The second-order valence-electron chi connectivity index (χ2n) is 6.41. The molecule has 0 radical (unpaired) electrons. The number of halogens is 1. The number of hydrogen-bond donors (Lipinski definition) is 1. The zero-order valence-electron chi connectivity index (χ0n) is 13.7. The monoisotopic (exact) mass is 293 g/mol. The predicted octanol–water partition coefficient (Wildman–Crippen LogP) is 2.88. The zero-order chi connectivity index (χ0) is 15.4. The van der Waals surface area contributed by atoms with Gasteiger partial charge in [-0.05, 0) is 70.6 Å². The van der Waals surface area contributed by atoms with Crippen LogP contribution in [0.3, 0.4) is 0 Å². The van der Waals surface area contributed by atoms with Gasteiger partial charge in [-0.1, -0.05) is 0 Å². The van der Waals surface area contributed by atoms with E-state index < -0.39 is 0 Å². The van der Waals surface area contributed by atoms with E-state index in [0.717, 1.165) is 31.1 Å². The van der Waals surface area contributed by atoms with E-state index in [-0.39, 0.29) is 11.9 Å². The van der Waals surface area contributed by atoms with E-state index in [1.807, 2.05) is 13.1 Å². The molecule has 1 aromatic rings. The second kappa shape index (κ2) is 7.23. The third-order valence-corrected chi connectivity index (χ3v) is 4.47. The molecule has 0 saturated carbocycles. The van der Waals surface area contributed by atoms with E-state index in [1.54, 1.807) is 12.1 Å². The molecule has 1 aromatic carbocycles. The van der Waals surface area contributed by atoms with Crippen molar-refractivity contribution in [3.05, 3.63) is 29.6 Å². The predicted molar refractivity (Wildman–Crippen MR) is 87.4 cm³/mol. The van der Waals surface area contributed by atoms with Crippen LogP contribution in [0.25, 0.3) is 0 Å². The molecule has 1 atom stereocenters. The van der Waals surface area contributed by atoms with Crippen LogP contribution < -0.4 is 10.2 Å². The van der Waals surface area contributed by atoms with Crippen LogP contribution in [0.1, 0.15) is 31.4 Å². The second-order valence-corrected chi connectivity index (χ2v) is 6.41. The summed E-state index contributed by atoms with van der Waals surface area (Å²) in [7, 11) is 6.20. The summed E-state index contributed by atoms with van der Waals surface area (Å²) in [5.41, 5.74) is 2.24. The Hall–Kier alpha value is -1.13. The number of hydrogen-bond acceptors (Lipinski definition) is 3. The Bertz CT molecular complexity index is 453. The maximum absolute atomic E-state index is 13.6. The molecule has 1 heterocycles. The van der Waals surface area contributed by atoms with Gasteiger partial charge in [-0.15, -0.1) is 0 Å². The Balaban J connectivity index is 2.09. The average molecular weight is 293 g/mol. The summed E-state index contributed by atoms with van der Waals surface area (Å²) in [6.07, 6.45) is 2.42. The summed E-state index contributed by atoms with van der Waals surface area (Å²) in [6, 6.07) is 5.34. The molecule has 1 aliphatic heterocycles. The Morgan fingerprint density at radius 2 is 2.00 bits per heavy atom. The molecule has 0 amide bonds. The molecule has 21 heavy (non-hydrogen) atoms. The third-order valence-electron chi connectivity index (χ3n) is 4.47. The van der Waals surface area contributed by atoms with Crippen molar-refractivity contribution in [2.24, 2.45) is 5.92 Å². The summed E-state index contributed by atoms with van der Waals surface area (Å²) in [5, 5.41) is 3.22. The van der Waals surface area contributed by atoms with Gasteiger partial charge in [0.05, 0.1) is 0 Å². The van der Waals surface area contributed by atoms with E-state index in [9.17, 15) is 4.39 Å². The number of benzene rings is 1. The van der Waals surface area contributed by atoms with Crippen molar-refractivity contribution in [2.75, 3.05) is 45.7 Å². The van der Waals surface area contributed by atoms with Gasteiger partial charge in [0.1, 0.15) is 5.82 Å². The molecule has 1 aliphatic rings. The summed E-state index contributed by atoms with van der Waals surface area (Å²) in [4.78, 5) is 4.68. The summed E-state index contributed by atoms with van der Waals surface area (Å²) in [5.74, 6) is 0.625. The summed E-state index contributed by atoms with van der Waals surface area (Å²) < 4.78 is 13.6. The standard InChI is InChI=1S/C17H28FN3/c1-13(19-2)16-11-15(18)5-6-17(16)21-9-7-14(8-10-21)12-20(3)4/h5-6,11,13-14,19H,7-10,12H2,1-4H3. The summed E-state index contributed by atoms with van der Waals surface area (Å²) in [6.45, 7) is 5.37. The Kier molecular flexibility index (Phi) is 5.59. The van der Waals surface area contributed by atoms with E-state index in [1.165, 1.54) is 18.5 Å². The van der Waals surface area contributed by atoms with Crippen molar-refractivity contribution in [3.8, 4) is 0 Å². The van der Waals surface area contributed by atoms with Crippen LogP contribution in [0.15, 0.2) is 18.2 Å². The molecule has 0 spiro atoms. The minimum Gasteiger partial charge on any atom is -0.371 e. The number of anilines is 1. The SMILES string of the molecule is CNC(C)c1cc(F)ccc1N1CCC(CN(C)C)CC1. The Labute approximate surface area is 128 Å². The van der Waals surface area contributed by atoms with Crippen LogP contribution in [0.5, 0.6) is 0 Å². The highest BCUT2D eigenvalue weighted by molar-refractivity contribution is 5.55. The fraction of sp³-hybridized carbons (Fsp3) is 0.647. The first-order valence-corrected chi connectivity index (χ1v) is 7.87. The first kappa shape index (κ1) is 16.2. The van der Waals surface area contributed by atoms with Gasteiger partial charge in [0, 0.05) is 31.4 Å². The molecule has 3 nitrogen and oxygen atoms in total. The van der Waals surface area contributed by atoms with Gasteiger partial charge in [0.25, 0.3) is 0 Å². The lowest BCUT2D eigenvalue weighted by atomic mass is 9.95. The number of nitrogens with zero attached hydrogens (tertiary/aromatic N) is 2. The van der Waals surface area contributed by atoms with Gasteiger partial charge >= 0.3 is 0 Å². The van der Waals surface area contributed by atoms with Crippen molar-refractivity contribution in [1.82, 2.24) is 10.2 Å². The molecule has 1 N–H and O–H groups in total. The van der Waals surface area contributed by atoms with Gasteiger partial charge in [-0.3, -0.25) is 0 Å². The van der Waals surface area contributed by atoms with Gasteiger partial charge < -0.3 is 15.1 Å². The first-order valence-electron chi connectivity index (χ1n) is 7.87. The van der Waals surface area contributed by atoms with Crippen molar-refractivity contribution >= 4 is 5.69 Å². The van der Waals surface area contributed by atoms with E-state index in [2.05, 4.69) is 36.1 Å². The largest absolute Gasteiger partial charge is 0.371 e. The fourth-order valence-electron chi connectivity index (χ4n) is 3.19. The molecule has 1 unspecified atom stereocenters. The topological polar surface area (TPSA) is 18.5 Å². The van der Waals surface area contributed by atoms with Gasteiger partial charge in [-0.25, -0.2) is 4.39 Å². The maximum Gasteiger partial charge on any atom is 0.123 e. The highest BCUT2D eigenvalue weighted by Gasteiger charge is 2.22. The van der Waals surface area contributed by atoms with Crippen LogP contribution in [0.2, 0.25) is 0 Å². The average Bonchev–Trinajstić information content (AvgIpc) is 2.47. The van der Waals surface area contributed by atoms with Crippen LogP contribution in [0.4, 0.5) is 10.1 Å². The van der Waals surface area contributed by atoms with E-state index in [0.29, 0.717) is 0 Å². The van der Waals surface area contributed by atoms with Crippen LogP contribution >= 0.6 is 0 Å². The van der Waals surface area contributed by atoms with Gasteiger partial charge in [-0.2, -0.15) is 0 Å². The molecule has 118 valence electrons. The van der Waals surface area contributed by atoms with E-state index in [4.69, 9.17) is 0 Å². The van der Waals surface area contributed by atoms with Crippen molar-refractivity contribution in [2.45, 2.75) is 25.8 Å². The Morgan fingerprint density at radius 1 is 1.33 bits per heavy atom. The molecule has 1 saturated heterocycles. The number of nitrogens with one attached hydrogen (secondary N) is 1. The molecular formula is C17H28FN3. The zero-order valence-corrected chi connectivity index (χ0v) is 13.7. The molecular weight excluding hydrogens is 265 g/mol. The smallest absolute Gasteiger partial charge is 0.123 e. The molecule has 4 heteroatoms. The van der Waals surface area contributed by atoms with Crippen molar-refractivity contribution in [1.29, 1.82) is 0 Å². The number of piperidine rings is 1. The van der Waals surface area contributed by atoms with Crippen molar-refractivity contribution in [3.63, 3.8) is 0 Å². The highest BCUT2D eigenvalue weighted by atomic mass is 19.1. The lowest BCUT2D eigenvalue weighted by Gasteiger charge is -2.36. The van der Waals surface area contributed by atoms with Crippen LogP contribution in [-0.2, 0) is 0 Å². The molecule has 0 aliphatic carbocycles.